The van der Waals surface area contributed by atoms with Gasteiger partial charge in [0, 0.05) is 25.3 Å². The predicted octanol–water partition coefficient (Wildman–Crippen LogP) is 4.06. The third kappa shape index (κ3) is 3.37. The van der Waals surface area contributed by atoms with Crippen molar-refractivity contribution in [1.29, 1.82) is 0 Å². The number of halogens is 2. The first kappa shape index (κ1) is 18.2. The van der Waals surface area contributed by atoms with Crippen molar-refractivity contribution in [2.45, 2.75) is 56.3 Å². The third-order valence-electron chi connectivity index (χ3n) is 6.23. The van der Waals surface area contributed by atoms with Gasteiger partial charge in [0.2, 0.25) is 0 Å². The van der Waals surface area contributed by atoms with Crippen LogP contribution in [0.4, 0.5) is 4.39 Å². The number of fused-ring (bicyclic) bond motifs is 1. The second-order valence-corrected chi connectivity index (χ2v) is 8.27. The molecule has 6 heteroatoms. The van der Waals surface area contributed by atoms with Gasteiger partial charge in [0.05, 0.1) is 23.3 Å². The fraction of sp³-hybridized carbons (Fsp3) is 0.650. The Kier molecular flexibility index (Phi) is 4.97. The maximum atomic E-state index is 14.2. The van der Waals surface area contributed by atoms with Crippen LogP contribution in [0.3, 0.4) is 0 Å². The minimum Gasteiger partial charge on any atom is -0.378 e. The second kappa shape index (κ2) is 7.10. The van der Waals surface area contributed by atoms with Crippen molar-refractivity contribution in [1.82, 2.24) is 4.90 Å². The van der Waals surface area contributed by atoms with E-state index in [0.717, 1.165) is 32.3 Å². The van der Waals surface area contributed by atoms with E-state index in [1.54, 1.807) is 12.0 Å². The molecule has 2 aliphatic carbocycles. The molecule has 2 saturated carbocycles. The van der Waals surface area contributed by atoms with Crippen LogP contribution in [-0.2, 0) is 9.47 Å². The van der Waals surface area contributed by atoms with E-state index in [4.69, 9.17) is 21.1 Å². The van der Waals surface area contributed by atoms with E-state index in [9.17, 15) is 9.18 Å². The molecule has 1 heterocycles. The monoisotopic (exact) mass is 381 g/mol. The molecule has 0 aromatic heterocycles. The van der Waals surface area contributed by atoms with Gasteiger partial charge in [-0.2, -0.15) is 0 Å². The van der Waals surface area contributed by atoms with E-state index in [-0.39, 0.29) is 29.2 Å². The van der Waals surface area contributed by atoms with Crippen LogP contribution in [0.1, 0.15) is 48.9 Å². The zero-order chi connectivity index (χ0) is 18.3. The van der Waals surface area contributed by atoms with E-state index in [0.29, 0.717) is 17.5 Å². The molecular formula is C20H25ClFNO3. The van der Waals surface area contributed by atoms with Gasteiger partial charge in [0.25, 0.3) is 5.91 Å². The molecule has 4 rings (SSSR count). The van der Waals surface area contributed by atoms with E-state index in [2.05, 4.69) is 0 Å². The summed E-state index contributed by atoms with van der Waals surface area (Å²) in [4.78, 5) is 14.8. The molecule has 1 saturated heterocycles. The Bertz CT molecular complexity index is 696. The Morgan fingerprint density at radius 1 is 1.35 bits per heavy atom. The Morgan fingerprint density at radius 3 is 2.88 bits per heavy atom. The zero-order valence-corrected chi connectivity index (χ0v) is 15.8. The van der Waals surface area contributed by atoms with Crippen molar-refractivity contribution in [2.75, 3.05) is 20.3 Å². The molecule has 3 fully saturated rings. The van der Waals surface area contributed by atoms with Crippen LogP contribution in [0, 0.1) is 11.7 Å². The molecule has 3 atom stereocenters. The number of benzene rings is 1. The normalized spacial score (nSPS) is 31.1. The zero-order valence-electron chi connectivity index (χ0n) is 15.0. The topological polar surface area (TPSA) is 38.8 Å². The van der Waals surface area contributed by atoms with E-state index in [1.165, 1.54) is 31.0 Å². The second-order valence-electron chi connectivity index (χ2n) is 7.83. The van der Waals surface area contributed by atoms with E-state index < -0.39 is 5.82 Å². The number of carbonyl (C=O) groups excluding carboxylic acids is 1. The maximum absolute atomic E-state index is 14.2. The highest BCUT2D eigenvalue weighted by atomic mass is 35.5. The number of hydrogen-bond donors (Lipinski definition) is 0. The quantitative estimate of drug-likeness (QED) is 0.772. The molecule has 1 amide bonds. The predicted molar refractivity (Wildman–Crippen MR) is 96.9 cm³/mol. The third-order valence-corrected chi connectivity index (χ3v) is 6.46. The van der Waals surface area contributed by atoms with E-state index in [1.807, 2.05) is 0 Å². The summed E-state index contributed by atoms with van der Waals surface area (Å²) in [7, 11) is 1.71. The largest absolute Gasteiger partial charge is 0.378 e. The van der Waals surface area contributed by atoms with Crippen molar-refractivity contribution in [3.8, 4) is 0 Å². The van der Waals surface area contributed by atoms with Crippen LogP contribution in [0.5, 0.6) is 0 Å². The minimum atomic E-state index is -0.536. The first-order valence-electron chi connectivity index (χ1n) is 9.45. The number of rotatable bonds is 5. The lowest BCUT2D eigenvalue weighted by Crippen LogP contribution is -2.53. The number of carbonyl (C=O) groups is 1. The van der Waals surface area contributed by atoms with Gasteiger partial charge in [-0.15, -0.1) is 0 Å². The maximum Gasteiger partial charge on any atom is 0.257 e. The molecule has 1 aromatic carbocycles. The summed E-state index contributed by atoms with van der Waals surface area (Å²) < 4.78 is 26.2. The van der Waals surface area contributed by atoms with Crippen molar-refractivity contribution in [3.05, 3.63) is 34.6 Å². The first-order valence-corrected chi connectivity index (χ1v) is 9.83. The molecule has 0 spiro atoms. The highest BCUT2D eigenvalue weighted by molar-refractivity contribution is 6.31. The average Bonchev–Trinajstić information content (AvgIpc) is 3.40. The van der Waals surface area contributed by atoms with Crippen LogP contribution >= 0.6 is 11.6 Å². The number of methoxy groups -OCH3 is 1. The van der Waals surface area contributed by atoms with Crippen molar-refractivity contribution in [2.24, 2.45) is 5.92 Å². The van der Waals surface area contributed by atoms with Gasteiger partial charge < -0.3 is 14.4 Å². The number of nitrogens with zero attached hydrogens (tertiary/aromatic N) is 1. The van der Waals surface area contributed by atoms with Crippen LogP contribution in [0.25, 0.3) is 0 Å². The standard InChI is InChI=1S/C20H25ClFNO3/c1-25-20-7-6-15(26-12-13-2-3-13)11-18(20)23(9-8-20)19(24)16-10-14(21)4-5-17(16)22/h4-5,10,13,15,18H,2-3,6-9,11-12H2,1H3/t15-,18+,20-/m1/s1. The molecule has 26 heavy (non-hydrogen) atoms. The van der Waals surface area contributed by atoms with Gasteiger partial charge >= 0.3 is 0 Å². The molecule has 1 aliphatic heterocycles. The number of hydrogen-bond acceptors (Lipinski definition) is 3. The van der Waals surface area contributed by atoms with Crippen LogP contribution in [0.2, 0.25) is 5.02 Å². The van der Waals surface area contributed by atoms with Crippen LogP contribution in [-0.4, -0.2) is 48.8 Å². The summed E-state index contributed by atoms with van der Waals surface area (Å²) in [5.74, 6) is -0.130. The Balaban J connectivity index is 1.53. The summed E-state index contributed by atoms with van der Waals surface area (Å²) >= 11 is 5.98. The average molecular weight is 382 g/mol. The molecule has 3 aliphatic rings. The lowest BCUT2D eigenvalue weighted by Gasteiger charge is -2.43. The summed E-state index contributed by atoms with van der Waals surface area (Å²) in [6.07, 6.45) is 6.00. The molecule has 0 unspecified atom stereocenters. The minimum absolute atomic E-state index is 0.0328. The molecule has 4 nitrogen and oxygen atoms in total. The summed E-state index contributed by atoms with van der Waals surface area (Å²) in [5, 5.41) is 0.362. The van der Waals surface area contributed by atoms with Crippen LogP contribution < -0.4 is 0 Å². The van der Waals surface area contributed by atoms with E-state index >= 15 is 0 Å². The van der Waals surface area contributed by atoms with Gasteiger partial charge in [0.1, 0.15) is 5.82 Å². The SMILES string of the molecule is CO[C@@]12CC[C@@H](OCC3CC3)C[C@@H]1N(C(=O)c1cc(Cl)ccc1F)CC2. The Morgan fingerprint density at radius 2 is 2.15 bits per heavy atom. The summed E-state index contributed by atoms with van der Waals surface area (Å²) in [6.45, 7) is 1.38. The number of likely N-dealkylation sites (tertiary alicyclic amines) is 1. The highest BCUT2D eigenvalue weighted by Crippen LogP contribution is 2.44. The highest BCUT2D eigenvalue weighted by Gasteiger charge is 2.53. The number of amides is 1. The van der Waals surface area contributed by atoms with Gasteiger partial charge in [-0.25, -0.2) is 4.39 Å². The fourth-order valence-corrected chi connectivity index (χ4v) is 4.60. The van der Waals surface area contributed by atoms with Crippen molar-refractivity contribution in [3.63, 3.8) is 0 Å². The molecule has 0 bridgehead atoms. The van der Waals surface area contributed by atoms with Crippen molar-refractivity contribution >= 4 is 17.5 Å². The molecule has 0 radical (unpaired) electrons. The molecular weight excluding hydrogens is 357 g/mol. The van der Waals surface area contributed by atoms with Gasteiger partial charge in [0.15, 0.2) is 0 Å². The number of ether oxygens (including phenoxy) is 2. The smallest absolute Gasteiger partial charge is 0.257 e. The summed E-state index contributed by atoms with van der Waals surface area (Å²) in [5.41, 5.74) is -0.310. The van der Waals surface area contributed by atoms with Crippen LogP contribution in [0.15, 0.2) is 18.2 Å². The molecule has 142 valence electrons. The molecule has 1 aromatic rings. The molecule has 0 N–H and O–H groups in total. The van der Waals surface area contributed by atoms with Gasteiger partial charge in [-0.1, -0.05) is 11.6 Å². The van der Waals surface area contributed by atoms with Gasteiger partial charge in [-0.05, 0) is 62.6 Å². The first-order chi connectivity index (χ1) is 12.5. The van der Waals surface area contributed by atoms with Gasteiger partial charge in [-0.3, -0.25) is 4.79 Å². The van der Waals surface area contributed by atoms with Crippen molar-refractivity contribution < 1.29 is 18.7 Å². The Hall–Kier alpha value is -1.17. The Labute approximate surface area is 158 Å². The fourth-order valence-electron chi connectivity index (χ4n) is 4.43. The lowest BCUT2D eigenvalue weighted by molar-refractivity contribution is -0.0977. The lowest BCUT2D eigenvalue weighted by atomic mass is 9.79. The summed E-state index contributed by atoms with van der Waals surface area (Å²) in [6, 6.07) is 4.03.